The Bertz CT molecular complexity index is 2800. The van der Waals surface area contributed by atoms with E-state index in [0.717, 1.165) is 50.1 Å². The molecule has 0 bridgehead atoms. The van der Waals surface area contributed by atoms with Gasteiger partial charge in [-0.3, -0.25) is 0 Å². The van der Waals surface area contributed by atoms with E-state index in [1.165, 1.54) is 44.5 Å². The zero-order valence-electron chi connectivity index (χ0n) is 29.8. The van der Waals surface area contributed by atoms with Crippen molar-refractivity contribution in [1.29, 1.82) is 0 Å². The summed E-state index contributed by atoms with van der Waals surface area (Å²) in [7, 11) is 0. The molecule has 0 amide bonds. The summed E-state index contributed by atoms with van der Waals surface area (Å²) >= 11 is 0. The van der Waals surface area contributed by atoms with Crippen molar-refractivity contribution in [2.24, 2.45) is 0 Å². The van der Waals surface area contributed by atoms with Gasteiger partial charge in [0.25, 0.3) is 0 Å². The van der Waals surface area contributed by atoms with E-state index >= 15 is 0 Å². The normalized spacial score (nSPS) is 12.9. The Balaban J connectivity index is 1.24. The summed E-state index contributed by atoms with van der Waals surface area (Å²) in [5.41, 5.74) is 17.3. The highest BCUT2D eigenvalue weighted by Gasteiger charge is 2.37. The lowest BCUT2D eigenvalue weighted by molar-refractivity contribution is 0.660. The second-order valence-corrected chi connectivity index (χ2v) is 14.5. The van der Waals surface area contributed by atoms with Crippen LogP contribution in [-0.4, -0.2) is 0 Å². The average molecular weight is 680 g/mol. The zero-order chi connectivity index (χ0) is 35.5. The number of rotatable bonds is 6. The number of benzene rings is 8. The number of furan rings is 1. The van der Waals surface area contributed by atoms with Gasteiger partial charge < -0.3 is 9.32 Å². The molecule has 8 aromatic carbocycles. The molecule has 1 aromatic heterocycles. The van der Waals surface area contributed by atoms with E-state index < -0.39 is 0 Å². The highest BCUT2D eigenvalue weighted by molar-refractivity contribution is 6.06. The third kappa shape index (κ3) is 5.10. The van der Waals surface area contributed by atoms with Gasteiger partial charge in [-0.25, -0.2) is 0 Å². The van der Waals surface area contributed by atoms with Crippen molar-refractivity contribution in [1.82, 2.24) is 0 Å². The molecule has 1 aliphatic rings. The molecule has 0 fully saturated rings. The van der Waals surface area contributed by atoms with E-state index in [1.54, 1.807) is 0 Å². The Morgan fingerprint density at radius 2 is 1.02 bits per heavy atom. The standard InChI is InChI=1S/C51H37NO/c1-51(2)45-29-27-38(32-44(45)50-40(22-14-23-46(50)51)35-17-8-4-9-18-35)52(39-26-28-42-41-21-12-13-24-48(41)53-49(42)33-39)47-30-25-37(34-15-6-3-7-16-34)31-43(47)36-19-10-5-11-20-36/h3-33H,1-2H3. The van der Waals surface area contributed by atoms with Crippen molar-refractivity contribution >= 4 is 39.0 Å². The average Bonchev–Trinajstić information content (AvgIpc) is 3.70. The summed E-state index contributed by atoms with van der Waals surface area (Å²) in [6, 6.07) is 67.9. The van der Waals surface area contributed by atoms with Gasteiger partial charge in [-0.2, -0.15) is 0 Å². The molecule has 0 N–H and O–H groups in total. The summed E-state index contributed by atoms with van der Waals surface area (Å²) in [5.74, 6) is 0. The Kier molecular flexibility index (Phi) is 7.19. The lowest BCUT2D eigenvalue weighted by Gasteiger charge is -2.29. The Labute approximate surface area is 310 Å². The van der Waals surface area contributed by atoms with Crippen LogP contribution in [0.2, 0.25) is 0 Å². The number of para-hydroxylation sites is 1. The summed E-state index contributed by atoms with van der Waals surface area (Å²) in [6.45, 7) is 4.71. The molecule has 0 radical (unpaired) electrons. The maximum Gasteiger partial charge on any atom is 0.137 e. The van der Waals surface area contributed by atoms with E-state index in [4.69, 9.17) is 4.42 Å². The van der Waals surface area contributed by atoms with Gasteiger partial charge >= 0.3 is 0 Å². The summed E-state index contributed by atoms with van der Waals surface area (Å²) in [5, 5.41) is 2.24. The van der Waals surface area contributed by atoms with E-state index in [0.29, 0.717) is 0 Å². The van der Waals surface area contributed by atoms with Crippen LogP contribution in [0.5, 0.6) is 0 Å². The summed E-state index contributed by atoms with van der Waals surface area (Å²) < 4.78 is 6.49. The molecule has 0 saturated carbocycles. The second-order valence-electron chi connectivity index (χ2n) is 14.5. The first-order chi connectivity index (χ1) is 26.0. The molecule has 10 rings (SSSR count). The molecule has 1 aliphatic carbocycles. The number of anilines is 3. The minimum absolute atomic E-state index is 0.140. The largest absolute Gasteiger partial charge is 0.456 e. The monoisotopic (exact) mass is 679 g/mol. The van der Waals surface area contributed by atoms with Crippen molar-refractivity contribution in [3.05, 3.63) is 199 Å². The molecule has 252 valence electrons. The van der Waals surface area contributed by atoms with E-state index in [9.17, 15) is 0 Å². The highest BCUT2D eigenvalue weighted by Crippen LogP contribution is 2.54. The van der Waals surface area contributed by atoms with E-state index in [2.05, 4.69) is 195 Å². The molecular formula is C51H37NO. The second kappa shape index (κ2) is 12.3. The quantitative estimate of drug-likeness (QED) is 0.174. The predicted octanol–water partition coefficient (Wildman–Crippen LogP) is 14.4. The summed E-state index contributed by atoms with van der Waals surface area (Å²) in [6.07, 6.45) is 0. The van der Waals surface area contributed by atoms with Gasteiger partial charge in [0.1, 0.15) is 11.2 Å². The van der Waals surface area contributed by atoms with Crippen LogP contribution in [0.25, 0.3) is 66.4 Å². The van der Waals surface area contributed by atoms with Gasteiger partial charge in [0, 0.05) is 39.2 Å². The van der Waals surface area contributed by atoms with Crippen molar-refractivity contribution < 1.29 is 4.42 Å². The molecule has 0 aliphatic heterocycles. The number of nitrogens with zero attached hydrogens (tertiary/aromatic N) is 1. The molecule has 53 heavy (non-hydrogen) atoms. The molecule has 1 heterocycles. The summed E-state index contributed by atoms with van der Waals surface area (Å²) in [4.78, 5) is 2.42. The molecular weight excluding hydrogens is 643 g/mol. The molecule has 0 saturated heterocycles. The van der Waals surface area contributed by atoms with Gasteiger partial charge in [0.05, 0.1) is 5.69 Å². The van der Waals surface area contributed by atoms with E-state index in [1.807, 2.05) is 12.1 Å². The first-order valence-corrected chi connectivity index (χ1v) is 18.3. The van der Waals surface area contributed by atoms with Crippen LogP contribution in [0.1, 0.15) is 25.0 Å². The van der Waals surface area contributed by atoms with Crippen LogP contribution in [0.4, 0.5) is 17.1 Å². The molecule has 0 spiro atoms. The fraction of sp³-hybridized carbons (Fsp3) is 0.0588. The van der Waals surface area contributed by atoms with Crippen LogP contribution in [0, 0.1) is 0 Å². The van der Waals surface area contributed by atoms with Crippen molar-refractivity contribution in [2.75, 3.05) is 4.90 Å². The molecule has 0 unspecified atom stereocenters. The van der Waals surface area contributed by atoms with Crippen molar-refractivity contribution in [3.63, 3.8) is 0 Å². The maximum absolute atomic E-state index is 6.49. The minimum atomic E-state index is -0.140. The molecule has 9 aromatic rings. The van der Waals surface area contributed by atoms with Gasteiger partial charge in [-0.05, 0) is 92.5 Å². The van der Waals surface area contributed by atoms with Gasteiger partial charge in [-0.15, -0.1) is 0 Å². The predicted molar refractivity (Wildman–Crippen MR) is 222 cm³/mol. The van der Waals surface area contributed by atoms with Crippen LogP contribution in [-0.2, 0) is 5.41 Å². The van der Waals surface area contributed by atoms with E-state index in [-0.39, 0.29) is 5.41 Å². The lowest BCUT2D eigenvalue weighted by atomic mass is 9.82. The number of hydrogen-bond acceptors (Lipinski definition) is 2. The lowest BCUT2D eigenvalue weighted by Crippen LogP contribution is -2.15. The number of hydrogen-bond donors (Lipinski definition) is 0. The third-order valence-corrected chi connectivity index (χ3v) is 11.1. The maximum atomic E-state index is 6.49. The van der Waals surface area contributed by atoms with Crippen molar-refractivity contribution in [3.8, 4) is 44.5 Å². The van der Waals surface area contributed by atoms with Gasteiger partial charge in [0.2, 0.25) is 0 Å². The molecule has 0 atom stereocenters. The molecule has 2 heteroatoms. The third-order valence-electron chi connectivity index (χ3n) is 11.1. The Morgan fingerprint density at radius 1 is 0.396 bits per heavy atom. The van der Waals surface area contributed by atoms with Crippen LogP contribution < -0.4 is 4.90 Å². The topological polar surface area (TPSA) is 16.4 Å². The van der Waals surface area contributed by atoms with Gasteiger partial charge in [-0.1, -0.05) is 153 Å². The fourth-order valence-electron chi connectivity index (χ4n) is 8.46. The number of fused-ring (bicyclic) bond motifs is 6. The Morgan fingerprint density at radius 3 is 1.77 bits per heavy atom. The zero-order valence-corrected chi connectivity index (χ0v) is 29.8. The van der Waals surface area contributed by atoms with Crippen molar-refractivity contribution in [2.45, 2.75) is 19.3 Å². The Hall–Kier alpha value is -6.64. The fourth-order valence-corrected chi connectivity index (χ4v) is 8.46. The first kappa shape index (κ1) is 31.1. The minimum Gasteiger partial charge on any atom is -0.456 e. The highest BCUT2D eigenvalue weighted by atomic mass is 16.3. The molecule has 2 nitrogen and oxygen atoms in total. The van der Waals surface area contributed by atoms with Crippen LogP contribution in [0.3, 0.4) is 0 Å². The first-order valence-electron chi connectivity index (χ1n) is 18.3. The van der Waals surface area contributed by atoms with Gasteiger partial charge in [0.15, 0.2) is 0 Å². The van der Waals surface area contributed by atoms with Crippen LogP contribution in [0.15, 0.2) is 192 Å². The van der Waals surface area contributed by atoms with Crippen LogP contribution >= 0.6 is 0 Å². The SMILES string of the molecule is CC1(C)c2ccc(N(c3ccc4c(c3)oc3ccccc34)c3ccc(-c4ccccc4)cc3-c3ccccc3)cc2-c2c(-c3ccccc3)cccc21. The smallest absolute Gasteiger partial charge is 0.137 e.